The summed E-state index contributed by atoms with van der Waals surface area (Å²) in [6.45, 7) is 3.76. The molecule has 1 rings (SSSR count). The van der Waals surface area contributed by atoms with Crippen LogP contribution in [0.25, 0.3) is 0 Å². The molecular formula is C11H20N2O. The van der Waals surface area contributed by atoms with Crippen LogP contribution in [0.3, 0.4) is 0 Å². The number of rotatable bonds is 4. The lowest BCUT2D eigenvalue weighted by atomic mass is 10.0. The Balaban J connectivity index is 2.41. The number of nitrogens with two attached hydrogens (primary N) is 1. The quantitative estimate of drug-likeness (QED) is 0.740. The maximum absolute atomic E-state index is 5.73. The molecule has 0 spiro atoms. The number of ether oxygens (including phenoxy) is 1. The van der Waals surface area contributed by atoms with E-state index in [0.717, 1.165) is 37.4 Å². The van der Waals surface area contributed by atoms with E-state index in [9.17, 15) is 0 Å². The Morgan fingerprint density at radius 2 is 2.14 bits per heavy atom. The first-order chi connectivity index (χ1) is 6.59. The van der Waals surface area contributed by atoms with Crippen molar-refractivity contribution in [2.24, 2.45) is 5.73 Å². The van der Waals surface area contributed by atoms with E-state index in [-0.39, 0.29) is 0 Å². The molecule has 0 aliphatic heterocycles. The van der Waals surface area contributed by atoms with Gasteiger partial charge in [-0.25, -0.2) is 0 Å². The minimum Gasteiger partial charge on any atom is -0.496 e. The number of hydrogen-bond donors (Lipinski definition) is 1. The van der Waals surface area contributed by atoms with E-state index in [1.807, 2.05) is 20.2 Å². The van der Waals surface area contributed by atoms with Gasteiger partial charge in [-0.2, -0.15) is 0 Å². The van der Waals surface area contributed by atoms with E-state index >= 15 is 0 Å². The van der Waals surface area contributed by atoms with E-state index in [1.165, 1.54) is 5.57 Å². The number of hydrogen-bond acceptors (Lipinski definition) is 3. The second-order valence-corrected chi connectivity index (χ2v) is 3.98. The van der Waals surface area contributed by atoms with Crippen molar-refractivity contribution < 1.29 is 4.74 Å². The van der Waals surface area contributed by atoms with Crippen LogP contribution in [0, 0.1) is 0 Å². The number of allylic oxidation sites excluding steroid dienone is 4. The molecule has 2 N–H and O–H groups in total. The predicted molar refractivity (Wildman–Crippen MR) is 58.7 cm³/mol. The molecule has 1 aliphatic rings. The Kier molecular flexibility index (Phi) is 4.01. The smallest absolute Gasteiger partial charge is 0.100 e. The van der Waals surface area contributed by atoms with Gasteiger partial charge >= 0.3 is 0 Å². The Morgan fingerprint density at radius 3 is 2.71 bits per heavy atom. The second-order valence-electron chi connectivity index (χ2n) is 3.98. The van der Waals surface area contributed by atoms with Crippen molar-refractivity contribution in [2.75, 3.05) is 27.2 Å². The third-order valence-electron chi connectivity index (χ3n) is 2.30. The third-order valence-corrected chi connectivity index (χ3v) is 2.30. The van der Waals surface area contributed by atoms with Gasteiger partial charge in [-0.3, -0.25) is 0 Å². The summed E-state index contributed by atoms with van der Waals surface area (Å²) < 4.78 is 5.69. The fourth-order valence-electron chi connectivity index (χ4n) is 1.42. The van der Waals surface area contributed by atoms with Crippen LogP contribution in [0.5, 0.6) is 0 Å². The van der Waals surface area contributed by atoms with E-state index in [2.05, 4.69) is 11.8 Å². The molecule has 0 aromatic rings. The lowest BCUT2D eigenvalue weighted by Gasteiger charge is -2.18. The van der Waals surface area contributed by atoms with Crippen LogP contribution in [0.2, 0.25) is 0 Å². The summed E-state index contributed by atoms with van der Waals surface area (Å²) in [4.78, 5) is 2.11. The van der Waals surface area contributed by atoms with Crippen LogP contribution in [0.4, 0.5) is 0 Å². The SMILES string of the molecule is CC1=C(OCCN(C)C)CCC(N)=C1. The molecule has 3 nitrogen and oxygen atoms in total. The fraction of sp³-hybridized carbons (Fsp3) is 0.636. The summed E-state index contributed by atoms with van der Waals surface area (Å²) in [6.07, 6.45) is 3.88. The molecule has 14 heavy (non-hydrogen) atoms. The van der Waals surface area contributed by atoms with Gasteiger partial charge in [0.25, 0.3) is 0 Å². The molecule has 3 heteroatoms. The highest BCUT2D eigenvalue weighted by atomic mass is 16.5. The maximum atomic E-state index is 5.73. The van der Waals surface area contributed by atoms with Gasteiger partial charge in [0, 0.05) is 18.7 Å². The molecule has 0 saturated heterocycles. The number of likely N-dealkylation sites (N-methyl/N-ethyl adjacent to an activating group) is 1. The van der Waals surface area contributed by atoms with Crippen molar-refractivity contribution in [1.29, 1.82) is 0 Å². The molecule has 0 aromatic carbocycles. The lowest BCUT2D eigenvalue weighted by molar-refractivity contribution is 0.172. The van der Waals surface area contributed by atoms with Gasteiger partial charge in [0.1, 0.15) is 6.61 Å². The summed E-state index contributed by atoms with van der Waals surface area (Å²) in [5.74, 6) is 1.10. The van der Waals surface area contributed by atoms with Gasteiger partial charge in [0.2, 0.25) is 0 Å². The van der Waals surface area contributed by atoms with Crippen molar-refractivity contribution in [3.8, 4) is 0 Å². The molecule has 0 unspecified atom stereocenters. The number of nitrogens with zero attached hydrogens (tertiary/aromatic N) is 1. The molecule has 0 saturated carbocycles. The average molecular weight is 196 g/mol. The lowest BCUT2D eigenvalue weighted by Crippen LogP contribution is -2.18. The highest BCUT2D eigenvalue weighted by molar-refractivity contribution is 5.27. The molecule has 0 heterocycles. The minimum atomic E-state index is 0.757. The van der Waals surface area contributed by atoms with E-state index in [0.29, 0.717) is 0 Å². The summed E-state index contributed by atoms with van der Waals surface area (Å²) in [6, 6.07) is 0. The van der Waals surface area contributed by atoms with Crippen LogP contribution in [0.15, 0.2) is 23.1 Å². The normalized spacial score (nSPS) is 17.3. The van der Waals surface area contributed by atoms with Crippen molar-refractivity contribution in [3.63, 3.8) is 0 Å². The predicted octanol–water partition coefficient (Wildman–Crippen LogP) is 1.48. The highest BCUT2D eigenvalue weighted by Gasteiger charge is 2.09. The van der Waals surface area contributed by atoms with Crippen molar-refractivity contribution in [2.45, 2.75) is 19.8 Å². The van der Waals surface area contributed by atoms with Crippen LogP contribution >= 0.6 is 0 Å². The fourth-order valence-corrected chi connectivity index (χ4v) is 1.42. The van der Waals surface area contributed by atoms with Crippen LogP contribution < -0.4 is 5.73 Å². The summed E-state index contributed by atoms with van der Waals surface area (Å²) in [7, 11) is 4.09. The van der Waals surface area contributed by atoms with Gasteiger partial charge in [-0.05, 0) is 39.1 Å². The first-order valence-corrected chi connectivity index (χ1v) is 5.03. The topological polar surface area (TPSA) is 38.5 Å². The molecule has 0 atom stereocenters. The van der Waals surface area contributed by atoms with Crippen molar-refractivity contribution >= 4 is 0 Å². The molecular weight excluding hydrogens is 176 g/mol. The highest BCUT2D eigenvalue weighted by Crippen LogP contribution is 2.21. The molecule has 0 bridgehead atoms. The molecule has 80 valence electrons. The zero-order chi connectivity index (χ0) is 10.6. The third kappa shape index (κ3) is 3.42. The standard InChI is InChI=1S/C11H20N2O/c1-9-8-10(12)4-5-11(9)14-7-6-13(2)3/h8H,4-7,12H2,1-3H3. The van der Waals surface area contributed by atoms with E-state index in [4.69, 9.17) is 10.5 Å². The molecule has 1 aliphatic carbocycles. The van der Waals surface area contributed by atoms with E-state index in [1.54, 1.807) is 0 Å². The van der Waals surface area contributed by atoms with Gasteiger partial charge in [0.05, 0.1) is 5.76 Å². The molecule has 0 amide bonds. The van der Waals surface area contributed by atoms with Crippen molar-refractivity contribution in [3.05, 3.63) is 23.1 Å². The summed E-state index contributed by atoms with van der Waals surface area (Å²) in [5, 5.41) is 0. The second kappa shape index (κ2) is 5.05. The summed E-state index contributed by atoms with van der Waals surface area (Å²) in [5.41, 5.74) is 7.86. The molecule has 0 radical (unpaired) electrons. The summed E-state index contributed by atoms with van der Waals surface area (Å²) >= 11 is 0. The minimum absolute atomic E-state index is 0.757. The Bertz CT molecular complexity index is 254. The zero-order valence-corrected chi connectivity index (χ0v) is 9.34. The Labute approximate surface area is 86.2 Å². The van der Waals surface area contributed by atoms with Gasteiger partial charge in [-0.1, -0.05) is 0 Å². The van der Waals surface area contributed by atoms with Crippen LogP contribution in [-0.2, 0) is 4.74 Å². The zero-order valence-electron chi connectivity index (χ0n) is 9.34. The Morgan fingerprint density at radius 1 is 1.43 bits per heavy atom. The largest absolute Gasteiger partial charge is 0.496 e. The van der Waals surface area contributed by atoms with Crippen molar-refractivity contribution in [1.82, 2.24) is 4.90 Å². The average Bonchev–Trinajstić information content (AvgIpc) is 2.08. The molecule has 0 fully saturated rings. The maximum Gasteiger partial charge on any atom is 0.100 e. The monoisotopic (exact) mass is 196 g/mol. The van der Waals surface area contributed by atoms with Gasteiger partial charge in [0.15, 0.2) is 0 Å². The molecule has 0 aromatic heterocycles. The Hall–Kier alpha value is -0.960. The van der Waals surface area contributed by atoms with Crippen LogP contribution in [-0.4, -0.2) is 32.1 Å². The first kappa shape index (κ1) is 11.1. The first-order valence-electron chi connectivity index (χ1n) is 5.03. The van der Waals surface area contributed by atoms with Crippen LogP contribution in [0.1, 0.15) is 19.8 Å². The van der Waals surface area contributed by atoms with Gasteiger partial charge in [-0.15, -0.1) is 0 Å². The van der Waals surface area contributed by atoms with E-state index < -0.39 is 0 Å². The van der Waals surface area contributed by atoms with Gasteiger partial charge < -0.3 is 15.4 Å².